The Balaban J connectivity index is 1.17. The van der Waals surface area contributed by atoms with Crippen LogP contribution in [-0.4, -0.2) is 65.5 Å². The second-order valence-corrected chi connectivity index (χ2v) is 13.6. The van der Waals surface area contributed by atoms with Crippen LogP contribution in [-0.2, 0) is 22.6 Å². The van der Waals surface area contributed by atoms with Gasteiger partial charge < -0.3 is 24.3 Å². The van der Waals surface area contributed by atoms with Crippen LogP contribution in [0.15, 0.2) is 82.0 Å². The standard InChI is InChI=1S/C38H35ClF5N3O6/c39-26-10-8-23(9-11-26)19-30(45-35(50)33-21-31(48)29-20-27(12-13-32(29)52-33)53-38(43,44)37(40,41)42)36(51)46-17-14-24(15-18-46)28-6-2-1-5-25(28)22-47-16-4-3-7-34(47)49/h1-2,5-6,8-13,20-21,24,30H,3-4,7,14-19,22H2,(H,45,50)/t30-/m1/s1. The van der Waals surface area contributed by atoms with Crippen LogP contribution in [0.2, 0.25) is 5.02 Å². The van der Waals surface area contributed by atoms with Gasteiger partial charge in [0.15, 0.2) is 11.2 Å². The minimum Gasteiger partial charge on any atom is -0.451 e. The van der Waals surface area contributed by atoms with Gasteiger partial charge in [-0.3, -0.25) is 19.2 Å². The fourth-order valence-corrected chi connectivity index (χ4v) is 6.87. The molecule has 6 rings (SSSR count). The average molecular weight is 760 g/mol. The molecule has 0 unspecified atom stereocenters. The van der Waals surface area contributed by atoms with E-state index in [0.29, 0.717) is 55.5 Å². The Morgan fingerprint density at radius 3 is 2.34 bits per heavy atom. The number of carbonyl (C=O) groups excluding carboxylic acids is 3. The number of nitrogens with one attached hydrogen (secondary N) is 1. The van der Waals surface area contributed by atoms with E-state index in [1.54, 1.807) is 29.2 Å². The fourth-order valence-electron chi connectivity index (χ4n) is 6.74. The lowest BCUT2D eigenvalue weighted by molar-refractivity contribution is -0.360. The zero-order chi connectivity index (χ0) is 37.9. The summed E-state index contributed by atoms with van der Waals surface area (Å²) in [7, 11) is 0. The molecule has 1 aromatic heterocycles. The first-order valence-corrected chi connectivity index (χ1v) is 17.5. The van der Waals surface area contributed by atoms with E-state index in [-0.39, 0.29) is 29.7 Å². The molecule has 15 heteroatoms. The number of carbonyl (C=O) groups is 3. The van der Waals surface area contributed by atoms with Crippen molar-refractivity contribution in [3.8, 4) is 5.75 Å². The lowest BCUT2D eigenvalue weighted by atomic mass is 9.86. The molecule has 3 amide bonds. The number of fused-ring (bicyclic) bond motifs is 1. The van der Waals surface area contributed by atoms with Gasteiger partial charge in [0.25, 0.3) is 5.91 Å². The molecule has 280 valence electrons. The Labute approximate surface area is 305 Å². The predicted molar refractivity (Wildman–Crippen MR) is 185 cm³/mol. The number of benzene rings is 3. The molecule has 0 radical (unpaired) electrons. The second-order valence-electron chi connectivity index (χ2n) is 13.2. The van der Waals surface area contributed by atoms with E-state index in [2.05, 4.69) is 16.1 Å². The molecule has 1 atom stereocenters. The number of alkyl halides is 5. The molecule has 1 N–H and O–H groups in total. The number of ether oxygens (including phenoxy) is 1. The third-order valence-electron chi connectivity index (χ3n) is 9.54. The van der Waals surface area contributed by atoms with Crippen LogP contribution in [0.4, 0.5) is 22.0 Å². The molecule has 0 bridgehead atoms. The van der Waals surface area contributed by atoms with E-state index < -0.39 is 46.6 Å². The highest BCUT2D eigenvalue weighted by atomic mass is 35.5. The van der Waals surface area contributed by atoms with Gasteiger partial charge in [0.05, 0.1) is 5.39 Å². The van der Waals surface area contributed by atoms with Crippen molar-refractivity contribution in [1.82, 2.24) is 15.1 Å². The van der Waals surface area contributed by atoms with Gasteiger partial charge in [-0.1, -0.05) is 48.0 Å². The van der Waals surface area contributed by atoms with Gasteiger partial charge in [-0.15, -0.1) is 0 Å². The van der Waals surface area contributed by atoms with Gasteiger partial charge in [0.2, 0.25) is 11.8 Å². The molecule has 4 aromatic rings. The number of nitrogens with zero attached hydrogens (tertiary/aromatic N) is 2. The molecule has 0 spiro atoms. The lowest BCUT2D eigenvalue weighted by Gasteiger charge is -2.36. The van der Waals surface area contributed by atoms with Crippen LogP contribution in [0.3, 0.4) is 0 Å². The Kier molecular flexibility index (Phi) is 11.1. The highest BCUT2D eigenvalue weighted by Crippen LogP contribution is 2.38. The van der Waals surface area contributed by atoms with Gasteiger partial charge in [-0.05, 0) is 78.6 Å². The normalized spacial score (nSPS) is 16.5. The van der Waals surface area contributed by atoms with Crippen molar-refractivity contribution >= 4 is 40.3 Å². The van der Waals surface area contributed by atoms with Crippen LogP contribution >= 0.6 is 11.6 Å². The topological polar surface area (TPSA) is 109 Å². The van der Waals surface area contributed by atoms with Crippen LogP contribution in [0.25, 0.3) is 11.0 Å². The summed E-state index contributed by atoms with van der Waals surface area (Å²) in [5, 5.41) is 2.73. The lowest BCUT2D eigenvalue weighted by Crippen LogP contribution is -2.51. The number of rotatable bonds is 10. The van der Waals surface area contributed by atoms with Gasteiger partial charge >= 0.3 is 12.3 Å². The van der Waals surface area contributed by atoms with Crippen molar-refractivity contribution in [3.05, 3.63) is 110 Å². The highest BCUT2D eigenvalue weighted by Gasteiger charge is 2.61. The summed E-state index contributed by atoms with van der Waals surface area (Å²) >= 11 is 6.06. The molecule has 2 fully saturated rings. The van der Waals surface area contributed by atoms with E-state index in [1.807, 2.05) is 23.1 Å². The van der Waals surface area contributed by atoms with Crippen LogP contribution < -0.4 is 15.5 Å². The maximum atomic E-state index is 14.0. The molecule has 2 aliphatic rings. The summed E-state index contributed by atoms with van der Waals surface area (Å²) in [5.74, 6) is -2.43. The molecule has 3 aromatic carbocycles. The molecule has 53 heavy (non-hydrogen) atoms. The van der Waals surface area contributed by atoms with Gasteiger partial charge in [-0.25, -0.2) is 0 Å². The Morgan fingerprint density at radius 2 is 1.64 bits per heavy atom. The monoisotopic (exact) mass is 759 g/mol. The Morgan fingerprint density at radius 1 is 0.925 bits per heavy atom. The first-order valence-electron chi connectivity index (χ1n) is 17.1. The maximum Gasteiger partial charge on any atom is 0.499 e. The van der Waals surface area contributed by atoms with E-state index in [4.69, 9.17) is 16.0 Å². The number of likely N-dealkylation sites (tertiary alicyclic amines) is 2. The van der Waals surface area contributed by atoms with Crippen molar-refractivity contribution in [2.24, 2.45) is 0 Å². The minimum absolute atomic E-state index is 0.0697. The average Bonchev–Trinajstić information content (AvgIpc) is 3.13. The molecule has 9 nitrogen and oxygen atoms in total. The predicted octanol–water partition coefficient (Wildman–Crippen LogP) is 7.24. The summed E-state index contributed by atoms with van der Waals surface area (Å²) < 4.78 is 74.1. The van der Waals surface area contributed by atoms with Gasteiger partial charge in [0.1, 0.15) is 17.4 Å². The smallest absolute Gasteiger partial charge is 0.451 e. The first-order chi connectivity index (χ1) is 25.2. The first kappa shape index (κ1) is 37.8. The van der Waals surface area contributed by atoms with Crippen molar-refractivity contribution < 1.29 is 45.5 Å². The van der Waals surface area contributed by atoms with E-state index in [0.717, 1.165) is 48.7 Å². The number of hydrogen-bond acceptors (Lipinski definition) is 6. The highest BCUT2D eigenvalue weighted by molar-refractivity contribution is 6.30. The zero-order valence-corrected chi connectivity index (χ0v) is 29.0. The number of hydrogen-bond donors (Lipinski definition) is 1. The minimum atomic E-state index is -5.99. The van der Waals surface area contributed by atoms with Crippen molar-refractivity contribution in [2.75, 3.05) is 19.6 Å². The Hall–Kier alpha value is -4.98. The van der Waals surface area contributed by atoms with Gasteiger partial charge in [0, 0.05) is 50.1 Å². The van der Waals surface area contributed by atoms with Crippen molar-refractivity contribution in [3.63, 3.8) is 0 Å². The summed E-state index contributed by atoms with van der Waals surface area (Å²) in [6.45, 7) is 2.07. The molecule has 0 saturated carbocycles. The van der Waals surface area contributed by atoms with Crippen molar-refractivity contribution in [2.45, 2.75) is 69.3 Å². The molecule has 0 aliphatic carbocycles. The summed E-state index contributed by atoms with van der Waals surface area (Å²) in [5.41, 5.74) is 1.72. The quantitative estimate of drug-likeness (QED) is 0.171. The number of piperidine rings is 2. The molecular formula is C38H35ClF5N3O6. The van der Waals surface area contributed by atoms with Gasteiger partial charge in [-0.2, -0.15) is 22.0 Å². The van der Waals surface area contributed by atoms with Crippen molar-refractivity contribution in [1.29, 1.82) is 0 Å². The molecular weight excluding hydrogens is 725 g/mol. The van der Waals surface area contributed by atoms with E-state index >= 15 is 0 Å². The Bertz CT molecular complexity index is 2050. The summed E-state index contributed by atoms with van der Waals surface area (Å²) in [6, 6.07) is 16.7. The SMILES string of the molecule is O=C(N[C@H](Cc1ccc(Cl)cc1)C(=O)N1CCC(c2ccccc2CN2CCCCC2=O)CC1)c1cc(=O)c2cc(OC(F)(F)C(F)(F)F)ccc2o1. The molecule has 3 heterocycles. The second kappa shape index (κ2) is 15.6. The number of amides is 3. The summed E-state index contributed by atoms with van der Waals surface area (Å²) in [6.07, 6.45) is -7.71. The van der Waals surface area contributed by atoms with Crippen LogP contribution in [0, 0.1) is 0 Å². The number of halogens is 6. The molecule has 2 saturated heterocycles. The third kappa shape index (κ3) is 8.81. The fraction of sp³-hybridized carbons (Fsp3) is 0.368. The summed E-state index contributed by atoms with van der Waals surface area (Å²) in [4.78, 5) is 56.5. The van der Waals surface area contributed by atoms with Crippen LogP contribution in [0.5, 0.6) is 5.75 Å². The van der Waals surface area contributed by atoms with E-state index in [1.165, 1.54) is 0 Å². The van der Waals surface area contributed by atoms with Crippen LogP contribution in [0.1, 0.15) is 65.3 Å². The largest absolute Gasteiger partial charge is 0.499 e. The molecule has 2 aliphatic heterocycles. The zero-order valence-electron chi connectivity index (χ0n) is 28.3. The van der Waals surface area contributed by atoms with E-state index in [9.17, 15) is 41.1 Å². The maximum absolute atomic E-state index is 14.0. The third-order valence-corrected chi connectivity index (χ3v) is 9.79.